The van der Waals surface area contributed by atoms with Gasteiger partial charge in [0.25, 0.3) is 0 Å². The smallest absolute Gasteiger partial charge is 0.169 e. The monoisotopic (exact) mass is 246 g/mol. The van der Waals surface area contributed by atoms with E-state index >= 15 is 0 Å². The standard InChI is InChI=1S/C14H18N2O2/c1-12-3-2-4-13(6-5-12)7-8-14(17)11-15-9-10-16-18/h3-8,15H,2,9-11H2,1H3/b8-7+. The molecule has 0 radical (unpaired) electrons. The number of hydrogen-bond donors (Lipinski definition) is 1. The Bertz CT molecular complexity index is 418. The van der Waals surface area contributed by atoms with E-state index in [0.717, 1.165) is 12.0 Å². The average Bonchev–Trinajstić information content (AvgIpc) is 2.57. The third-order valence-corrected chi connectivity index (χ3v) is 2.47. The molecule has 0 aromatic carbocycles. The Kier molecular flexibility index (Phi) is 6.58. The first-order valence-electron chi connectivity index (χ1n) is 5.98. The largest absolute Gasteiger partial charge is 0.308 e. The highest BCUT2D eigenvalue weighted by Gasteiger charge is 1.97. The molecule has 0 amide bonds. The van der Waals surface area contributed by atoms with Gasteiger partial charge in [-0.25, -0.2) is 0 Å². The predicted molar refractivity (Wildman–Crippen MR) is 73.3 cm³/mol. The summed E-state index contributed by atoms with van der Waals surface area (Å²) in [5.41, 5.74) is 2.26. The molecule has 96 valence electrons. The zero-order valence-electron chi connectivity index (χ0n) is 10.6. The molecule has 0 saturated carbocycles. The fraction of sp³-hybridized carbons (Fsp3) is 0.357. The number of rotatable bonds is 7. The first-order valence-corrected chi connectivity index (χ1v) is 5.98. The number of nitrogens with one attached hydrogen (secondary N) is 1. The second-order valence-electron chi connectivity index (χ2n) is 4.05. The van der Waals surface area contributed by atoms with E-state index in [2.05, 4.69) is 22.6 Å². The van der Waals surface area contributed by atoms with Gasteiger partial charge in [0.05, 0.1) is 13.1 Å². The third-order valence-electron chi connectivity index (χ3n) is 2.47. The van der Waals surface area contributed by atoms with Gasteiger partial charge >= 0.3 is 0 Å². The SMILES string of the molecule is CC1=CCC=C(/C=C/C(=O)CNCCN=O)C=C1. The van der Waals surface area contributed by atoms with Crippen LogP contribution >= 0.6 is 0 Å². The molecule has 1 N–H and O–H groups in total. The summed E-state index contributed by atoms with van der Waals surface area (Å²) in [5, 5.41) is 5.55. The molecule has 0 atom stereocenters. The van der Waals surface area contributed by atoms with E-state index in [4.69, 9.17) is 0 Å². The lowest BCUT2D eigenvalue weighted by atomic mass is 10.2. The molecular formula is C14H18N2O2. The molecule has 0 heterocycles. The summed E-state index contributed by atoms with van der Waals surface area (Å²) in [6.45, 7) is 2.91. The van der Waals surface area contributed by atoms with Gasteiger partial charge in [0.15, 0.2) is 5.78 Å². The Morgan fingerprint density at radius 1 is 1.44 bits per heavy atom. The Hall–Kier alpha value is -1.81. The van der Waals surface area contributed by atoms with Crippen LogP contribution in [0.25, 0.3) is 0 Å². The van der Waals surface area contributed by atoms with Crippen LogP contribution in [-0.4, -0.2) is 25.4 Å². The van der Waals surface area contributed by atoms with E-state index in [9.17, 15) is 9.70 Å². The normalized spacial score (nSPS) is 15.2. The van der Waals surface area contributed by atoms with E-state index in [1.54, 1.807) is 6.08 Å². The lowest BCUT2D eigenvalue weighted by Gasteiger charge is -1.97. The highest BCUT2D eigenvalue weighted by molar-refractivity contribution is 5.91. The number of carbonyl (C=O) groups excluding carboxylic acids is 1. The van der Waals surface area contributed by atoms with Crippen LogP contribution in [0.5, 0.6) is 0 Å². The Labute approximate surface area is 107 Å². The van der Waals surface area contributed by atoms with Crippen LogP contribution in [0.1, 0.15) is 13.3 Å². The minimum absolute atomic E-state index is 0.0101. The lowest BCUT2D eigenvalue weighted by molar-refractivity contribution is -0.113. The molecule has 0 aromatic rings. The first kappa shape index (κ1) is 14.3. The molecule has 1 aliphatic rings. The summed E-state index contributed by atoms with van der Waals surface area (Å²) in [6.07, 6.45) is 12.5. The van der Waals surface area contributed by atoms with Crippen molar-refractivity contribution in [2.75, 3.05) is 19.6 Å². The van der Waals surface area contributed by atoms with Crippen LogP contribution in [0.15, 0.2) is 52.8 Å². The van der Waals surface area contributed by atoms with Crippen molar-refractivity contribution in [3.8, 4) is 0 Å². The number of allylic oxidation sites excluding steroid dienone is 7. The summed E-state index contributed by atoms with van der Waals surface area (Å²) in [5.74, 6) is -0.0101. The lowest BCUT2D eigenvalue weighted by Crippen LogP contribution is -2.24. The van der Waals surface area contributed by atoms with Crippen LogP contribution in [-0.2, 0) is 4.79 Å². The van der Waals surface area contributed by atoms with Gasteiger partial charge in [0, 0.05) is 6.54 Å². The topological polar surface area (TPSA) is 58.5 Å². The van der Waals surface area contributed by atoms with Gasteiger partial charge in [0.2, 0.25) is 0 Å². The van der Waals surface area contributed by atoms with Gasteiger partial charge < -0.3 is 5.32 Å². The summed E-state index contributed by atoms with van der Waals surface area (Å²) in [7, 11) is 0. The fourth-order valence-corrected chi connectivity index (χ4v) is 1.45. The van der Waals surface area contributed by atoms with E-state index < -0.39 is 0 Å². The summed E-state index contributed by atoms with van der Waals surface area (Å²) in [6, 6.07) is 0. The minimum atomic E-state index is -0.0101. The van der Waals surface area contributed by atoms with Crippen molar-refractivity contribution in [2.45, 2.75) is 13.3 Å². The molecule has 1 aliphatic carbocycles. The van der Waals surface area contributed by atoms with Gasteiger partial charge in [-0.1, -0.05) is 41.1 Å². The van der Waals surface area contributed by atoms with Gasteiger partial charge in [-0.3, -0.25) is 4.79 Å². The molecule has 0 spiro atoms. The molecule has 0 unspecified atom stereocenters. The van der Waals surface area contributed by atoms with Crippen LogP contribution < -0.4 is 5.32 Å². The van der Waals surface area contributed by atoms with Crippen LogP contribution in [0.3, 0.4) is 0 Å². The van der Waals surface area contributed by atoms with Crippen molar-refractivity contribution in [1.29, 1.82) is 0 Å². The summed E-state index contributed by atoms with van der Waals surface area (Å²) in [4.78, 5) is 21.3. The Balaban J connectivity index is 2.35. The van der Waals surface area contributed by atoms with Crippen LogP contribution in [0.2, 0.25) is 0 Å². The molecule has 0 aromatic heterocycles. The zero-order chi connectivity index (χ0) is 13.2. The van der Waals surface area contributed by atoms with Crippen LogP contribution in [0, 0.1) is 4.91 Å². The highest BCUT2D eigenvalue weighted by atomic mass is 16.3. The minimum Gasteiger partial charge on any atom is -0.308 e. The molecule has 0 saturated heterocycles. The van der Waals surface area contributed by atoms with Crippen molar-refractivity contribution >= 4 is 5.78 Å². The highest BCUT2D eigenvalue weighted by Crippen LogP contribution is 2.10. The van der Waals surface area contributed by atoms with Crippen LogP contribution in [0.4, 0.5) is 0 Å². The van der Waals surface area contributed by atoms with Crippen molar-refractivity contribution in [3.63, 3.8) is 0 Å². The second-order valence-corrected chi connectivity index (χ2v) is 4.05. The molecule has 0 fully saturated rings. The summed E-state index contributed by atoms with van der Waals surface area (Å²) < 4.78 is 0. The van der Waals surface area contributed by atoms with Gasteiger partial charge in [0.1, 0.15) is 0 Å². The average molecular weight is 246 g/mol. The number of ketones is 1. The fourth-order valence-electron chi connectivity index (χ4n) is 1.45. The zero-order valence-corrected chi connectivity index (χ0v) is 10.6. The number of nitroso groups, excluding NO2 is 1. The summed E-state index contributed by atoms with van der Waals surface area (Å²) >= 11 is 0. The van der Waals surface area contributed by atoms with E-state index in [1.165, 1.54) is 5.57 Å². The van der Waals surface area contributed by atoms with Crippen molar-refractivity contribution in [2.24, 2.45) is 5.18 Å². The van der Waals surface area contributed by atoms with E-state index in [-0.39, 0.29) is 18.9 Å². The maximum Gasteiger partial charge on any atom is 0.169 e. The molecule has 4 nitrogen and oxygen atoms in total. The van der Waals surface area contributed by atoms with E-state index in [0.29, 0.717) is 6.54 Å². The van der Waals surface area contributed by atoms with Crippen molar-refractivity contribution in [1.82, 2.24) is 5.32 Å². The quantitative estimate of drug-likeness (QED) is 0.426. The number of hydrogen-bond acceptors (Lipinski definition) is 4. The molecule has 0 aliphatic heterocycles. The maximum absolute atomic E-state index is 11.5. The van der Waals surface area contributed by atoms with Gasteiger partial charge in [-0.05, 0) is 25.0 Å². The first-order chi connectivity index (χ1) is 8.72. The number of carbonyl (C=O) groups is 1. The third kappa shape index (κ3) is 6.06. The Morgan fingerprint density at radius 2 is 2.28 bits per heavy atom. The maximum atomic E-state index is 11.5. The van der Waals surface area contributed by atoms with E-state index in [1.807, 2.05) is 25.2 Å². The van der Waals surface area contributed by atoms with Crippen molar-refractivity contribution in [3.05, 3.63) is 52.5 Å². The molecule has 18 heavy (non-hydrogen) atoms. The van der Waals surface area contributed by atoms with Gasteiger partial charge in [-0.2, -0.15) is 4.91 Å². The predicted octanol–water partition coefficient (Wildman–Crippen LogP) is 2.30. The molecular weight excluding hydrogens is 228 g/mol. The molecule has 4 heteroatoms. The molecule has 1 rings (SSSR count). The van der Waals surface area contributed by atoms with Crippen molar-refractivity contribution < 1.29 is 4.79 Å². The molecule has 0 bridgehead atoms. The number of nitrogens with zero attached hydrogens (tertiary/aromatic N) is 1. The second kappa shape index (κ2) is 8.31. The van der Waals surface area contributed by atoms with Gasteiger partial charge in [-0.15, -0.1) is 0 Å². The Morgan fingerprint density at radius 3 is 3.06 bits per heavy atom.